The first kappa shape index (κ1) is 19.1. The Balaban J connectivity index is 1.83. The van der Waals surface area contributed by atoms with Crippen molar-refractivity contribution in [1.82, 2.24) is 5.32 Å². The Morgan fingerprint density at radius 1 is 1.08 bits per heavy atom. The van der Waals surface area contributed by atoms with E-state index >= 15 is 0 Å². The van der Waals surface area contributed by atoms with Crippen LogP contribution in [-0.4, -0.2) is 30.9 Å². The number of esters is 1. The van der Waals surface area contributed by atoms with E-state index in [9.17, 15) is 18.8 Å². The van der Waals surface area contributed by atoms with Gasteiger partial charge >= 0.3 is 5.97 Å². The van der Waals surface area contributed by atoms with Gasteiger partial charge < -0.3 is 15.4 Å². The van der Waals surface area contributed by atoms with Crippen LogP contribution in [-0.2, 0) is 20.7 Å². The molecular formula is C19H19FN2O4. The van der Waals surface area contributed by atoms with E-state index < -0.39 is 24.3 Å². The van der Waals surface area contributed by atoms with Crippen LogP contribution >= 0.6 is 0 Å². The topological polar surface area (TPSA) is 84.5 Å². The minimum Gasteiger partial charge on any atom is -0.455 e. The smallest absolute Gasteiger partial charge is 0.310 e. The second-order valence-electron chi connectivity index (χ2n) is 5.45. The lowest BCUT2D eigenvalue weighted by Crippen LogP contribution is -2.24. The first-order chi connectivity index (χ1) is 12.5. The summed E-state index contributed by atoms with van der Waals surface area (Å²) in [7, 11) is 0. The molecule has 6 nitrogen and oxygen atoms in total. The summed E-state index contributed by atoms with van der Waals surface area (Å²) >= 11 is 0. The predicted octanol–water partition coefficient (Wildman–Crippen LogP) is 2.30. The molecule has 0 saturated heterocycles. The summed E-state index contributed by atoms with van der Waals surface area (Å²) in [4.78, 5) is 35.4. The molecule has 2 N–H and O–H groups in total. The second-order valence-corrected chi connectivity index (χ2v) is 5.45. The van der Waals surface area contributed by atoms with Crippen molar-refractivity contribution >= 4 is 23.5 Å². The summed E-state index contributed by atoms with van der Waals surface area (Å²) in [5, 5.41) is 5.22. The van der Waals surface area contributed by atoms with Gasteiger partial charge in [0.05, 0.1) is 6.42 Å². The summed E-state index contributed by atoms with van der Waals surface area (Å²) in [6.07, 6.45) is -0.0553. The van der Waals surface area contributed by atoms with E-state index in [1.807, 2.05) is 6.92 Å². The van der Waals surface area contributed by atoms with Gasteiger partial charge in [-0.2, -0.15) is 0 Å². The molecule has 0 fully saturated rings. The first-order valence-electron chi connectivity index (χ1n) is 8.06. The Bertz CT molecular complexity index is 790. The van der Waals surface area contributed by atoms with Crippen LogP contribution in [0.4, 0.5) is 10.1 Å². The maximum absolute atomic E-state index is 12.8. The quantitative estimate of drug-likeness (QED) is 0.744. The molecule has 0 aliphatic heterocycles. The Hall–Kier alpha value is -3.22. The third kappa shape index (κ3) is 6.01. The molecule has 0 aliphatic carbocycles. The zero-order valence-electron chi connectivity index (χ0n) is 14.3. The van der Waals surface area contributed by atoms with Crippen molar-refractivity contribution in [3.63, 3.8) is 0 Å². The third-order valence-corrected chi connectivity index (χ3v) is 3.37. The lowest BCUT2D eigenvalue weighted by atomic mass is 10.1. The number of hydrogen-bond acceptors (Lipinski definition) is 4. The van der Waals surface area contributed by atoms with Crippen LogP contribution in [0.5, 0.6) is 0 Å². The van der Waals surface area contributed by atoms with Crippen LogP contribution in [0.15, 0.2) is 48.5 Å². The van der Waals surface area contributed by atoms with E-state index in [4.69, 9.17) is 4.74 Å². The highest BCUT2D eigenvalue weighted by Crippen LogP contribution is 2.11. The lowest BCUT2D eigenvalue weighted by molar-refractivity contribution is -0.146. The fourth-order valence-electron chi connectivity index (χ4n) is 2.16. The zero-order chi connectivity index (χ0) is 18.9. The van der Waals surface area contributed by atoms with Crippen molar-refractivity contribution in [3.8, 4) is 0 Å². The summed E-state index contributed by atoms with van der Waals surface area (Å²) in [5.41, 5.74) is 1.43. The number of hydrogen-bond donors (Lipinski definition) is 2. The molecule has 136 valence electrons. The lowest BCUT2D eigenvalue weighted by Gasteiger charge is -2.08. The van der Waals surface area contributed by atoms with Gasteiger partial charge in [-0.3, -0.25) is 14.4 Å². The zero-order valence-corrected chi connectivity index (χ0v) is 14.3. The van der Waals surface area contributed by atoms with E-state index in [-0.39, 0.29) is 12.3 Å². The van der Waals surface area contributed by atoms with Crippen LogP contribution in [0, 0.1) is 5.82 Å². The number of nitrogens with one attached hydrogen (secondary N) is 2. The van der Waals surface area contributed by atoms with E-state index in [0.29, 0.717) is 23.4 Å². The molecule has 2 rings (SSSR count). The average molecular weight is 358 g/mol. The average Bonchev–Trinajstić information content (AvgIpc) is 2.62. The monoisotopic (exact) mass is 358 g/mol. The number of rotatable bonds is 7. The van der Waals surface area contributed by atoms with Gasteiger partial charge in [0.25, 0.3) is 11.8 Å². The molecule has 2 amide bonds. The highest BCUT2D eigenvalue weighted by atomic mass is 19.1. The van der Waals surface area contributed by atoms with Crippen molar-refractivity contribution in [2.24, 2.45) is 0 Å². The molecule has 0 heterocycles. The minimum absolute atomic E-state index is 0.0553. The van der Waals surface area contributed by atoms with Crippen molar-refractivity contribution < 1.29 is 23.5 Å². The number of anilines is 1. The number of benzene rings is 2. The number of amides is 2. The Morgan fingerprint density at radius 3 is 2.50 bits per heavy atom. The molecule has 0 aromatic heterocycles. The van der Waals surface area contributed by atoms with E-state index in [2.05, 4.69) is 10.6 Å². The fraction of sp³-hybridized carbons (Fsp3) is 0.211. The number of halogens is 1. The van der Waals surface area contributed by atoms with E-state index in [0.717, 1.165) is 0 Å². The van der Waals surface area contributed by atoms with E-state index in [1.54, 1.807) is 18.2 Å². The summed E-state index contributed by atoms with van der Waals surface area (Å²) < 4.78 is 17.7. The van der Waals surface area contributed by atoms with Crippen LogP contribution in [0.1, 0.15) is 22.8 Å². The van der Waals surface area contributed by atoms with Gasteiger partial charge in [-0.15, -0.1) is 0 Å². The number of carbonyl (C=O) groups is 3. The van der Waals surface area contributed by atoms with Crippen molar-refractivity contribution in [2.45, 2.75) is 13.3 Å². The SMILES string of the molecule is CCNC(=O)c1cccc(NC(=O)COC(=O)Cc2ccc(F)cc2)c1. The van der Waals surface area contributed by atoms with E-state index in [1.165, 1.54) is 30.3 Å². The van der Waals surface area contributed by atoms with Gasteiger partial charge in [0.15, 0.2) is 6.61 Å². The second kappa shape index (κ2) is 9.31. The fourth-order valence-corrected chi connectivity index (χ4v) is 2.16. The molecule has 0 atom stereocenters. The first-order valence-corrected chi connectivity index (χ1v) is 8.06. The Morgan fingerprint density at radius 2 is 1.81 bits per heavy atom. The number of ether oxygens (including phenoxy) is 1. The third-order valence-electron chi connectivity index (χ3n) is 3.37. The molecule has 0 unspecified atom stereocenters. The molecule has 0 spiro atoms. The summed E-state index contributed by atoms with van der Waals surface area (Å²) in [5.74, 6) is -1.75. The molecule has 7 heteroatoms. The molecular weight excluding hydrogens is 339 g/mol. The minimum atomic E-state index is -0.595. The van der Waals surface area contributed by atoms with Crippen LogP contribution in [0.2, 0.25) is 0 Å². The molecule has 0 aliphatic rings. The predicted molar refractivity (Wildman–Crippen MR) is 94.1 cm³/mol. The van der Waals surface area contributed by atoms with Gasteiger partial charge in [-0.05, 0) is 42.8 Å². The molecule has 2 aromatic rings. The highest BCUT2D eigenvalue weighted by Gasteiger charge is 2.10. The van der Waals surface area contributed by atoms with Gasteiger partial charge in [0.2, 0.25) is 0 Å². The van der Waals surface area contributed by atoms with Gasteiger partial charge in [0, 0.05) is 17.8 Å². The molecule has 26 heavy (non-hydrogen) atoms. The maximum Gasteiger partial charge on any atom is 0.310 e. The standard InChI is InChI=1S/C19H19FN2O4/c1-2-21-19(25)14-4-3-5-16(11-14)22-17(23)12-26-18(24)10-13-6-8-15(20)9-7-13/h3-9,11H,2,10,12H2,1H3,(H,21,25)(H,22,23). The molecule has 0 radical (unpaired) electrons. The van der Waals surface area contributed by atoms with Crippen LogP contribution in [0.3, 0.4) is 0 Å². The molecule has 0 saturated carbocycles. The Labute approximate surface area is 150 Å². The van der Waals surface area contributed by atoms with Gasteiger partial charge in [0.1, 0.15) is 5.82 Å². The van der Waals surface area contributed by atoms with Gasteiger partial charge in [-0.25, -0.2) is 4.39 Å². The Kier molecular flexibility index (Phi) is 6.84. The van der Waals surface area contributed by atoms with Gasteiger partial charge in [-0.1, -0.05) is 18.2 Å². The maximum atomic E-state index is 12.8. The van der Waals surface area contributed by atoms with Crippen molar-refractivity contribution in [3.05, 3.63) is 65.5 Å². The van der Waals surface area contributed by atoms with Crippen LogP contribution in [0.25, 0.3) is 0 Å². The van der Waals surface area contributed by atoms with Crippen molar-refractivity contribution in [2.75, 3.05) is 18.5 Å². The molecule has 0 bridgehead atoms. The summed E-state index contributed by atoms with van der Waals surface area (Å²) in [6, 6.07) is 11.9. The molecule has 2 aromatic carbocycles. The number of carbonyl (C=O) groups excluding carboxylic acids is 3. The normalized spacial score (nSPS) is 10.1. The van der Waals surface area contributed by atoms with Crippen molar-refractivity contribution in [1.29, 1.82) is 0 Å². The largest absolute Gasteiger partial charge is 0.455 e. The summed E-state index contributed by atoms with van der Waals surface area (Å²) in [6.45, 7) is 1.86. The highest BCUT2D eigenvalue weighted by molar-refractivity contribution is 5.97. The van der Waals surface area contributed by atoms with Crippen LogP contribution < -0.4 is 10.6 Å².